The topological polar surface area (TPSA) is 34.6 Å². The van der Waals surface area contributed by atoms with Crippen molar-refractivity contribution >= 4 is 11.0 Å². The Kier molecular flexibility index (Phi) is 11.0. The first-order valence-electron chi connectivity index (χ1n) is 13.9. The summed E-state index contributed by atoms with van der Waals surface area (Å²) >= 11 is 0. The van der Waals surface area contributed by atoms with Gasteiger partial charge in [-0.15, -0.1) is 35.9 Å². The van der Waals surface area contributed by atoms with Crippen LogP contribution in [0, 0.1) is 44.5 Å². The molecule has 244 valence electrons. The van der Waals surface area contributed by atoms with E-state index in [9.17, 15) is 22.0 Å². The van der Waals surface area contributed by atoms with E-state index in [1.165, 1.54) is 6.07 Å². The molecule has 0 saturated heterocycles. The molecule has 0 amide bonds. The predicted molar refractivity (Wildman–Crippen MR) is 163 cm³/mol. The molecular weight excluding hydrogens is 968 g/mol. The summed E-state index contributed by atoms with van der Waals surface area (Å²) in [4.78, 5) is 0. The summed E-state index contributed by atoms with van der Waals surface area (Å²) in [7, 11) is 0. The van der Waals surface area contributed by atoms with Crippen LogP contribution >= 0.6 is 0 Å². The van der Waals surface area contributed by atoms with Gasteiger partial charge in [-0.25, -0.2) is 10.2 Å². The van der Waals surface area contributed by atoms with Crippen molar-refractivity contribution in [3.05, 3.63) is 143 Å². The van der Waals surface area contributed by atoms with Gasteiger partial charge in [-0.3, -0.25) is 17.8 Å². The molecule has 7 aromatic rings. The Labute approximate surface area is 295 Å². The fourth-order valence-corrected chi connectivity index (χ4v) is 4.97. The summed E-state index contributed by atoms with van der Waals surface area (Å²) in [5, 5.41) is 8.75. The number of halogens is 5. The average molecular weight is 993 g/mol. The van der Waals surface area contributed by atoms with Gasteiger partial charge in [0.05, 0.1) is 11.0 Å². The third-order valence-electron chi connectivity index (χ3n) is 7.42. The molecule has 0 aliphatic heterocycles. The minimum Gasteiger partial charge on any atom is -0.265 e. The molecular formula is C36H25F5Ir2N4-2. The van der Waals surface area contributed by atoms with Crippen molar-refractivity contribution in [2.24, 2.45) is 0 Å². The van der Waals surface area contributed by atoms with Gasteiger partial charge in [0, 0.05) is 75.6 Å². The molecule has 0 aliphatic carbocycles. The van der Waals surface area contributed by atoms with Gasteiger partial charge in [-0.1, -0.05) is 59.7 Å². The molecule has 0 spiro atoms. The number of hydrogen-bond donors (Lipinski definition) is 0. The van der Waals surface area contributed by atoms with E-state index in [1.54, 1.807) is 51.6 Å². The van der Waals surface area contributed by atoms with E-state index in [1.807, 2.05) is 51.2 Å². The fourth-order valence-electron chi connectivity index (χ4n) is 4.97. The van der Waals surface area contributed by atoms with Gasteiger partial charge in [0.2, 0.25) is 0 Å². The van der Waals surface area contributed by atoms with Crippen LogP contribution in [-0.4, -0.2) is 19.2 Å². The summed E-state index contributed by atoms with van der Waals surface area (Å²) in [6.07, 6.45) is -0.737. The molecule has 0 bridgehead atoms. The van der Waals surface area contributed by atoms with Crippen LogP contribution in [0.25, 0.3) is 44.7 Å². The van der Waals surface area contributed by atoms with E-state index < -0.39 is 23.4 Å². The summed E-state index contributed by atoms with van der Waals surface area (Å²) in [5.41, 5.74) is 6.75. The second kappa shape index (κ2) is 14.4. The van der Waals surface area contributed by atoms with Crippen molar-refractivity contribution < 1.29 is 62.2 Å². The van der Waals surface area contributed by atoms with Crippen molar-refractivity contribution in [2.45, 2.75) is 26.9 Å². The zero-order valence-electron chi connectivity index (χ0n) is 25.1. The van der Waals surface area contributed by atoms with Gasteiger partial charge in [-0.2, -0.15) is 13.2 Å². The van der Waals surface area contributed by atoms with E-state index in [0.29, 0.717) is 22.5 Å². The monoisotopic (exact) mass is 994 g/mol. The van der Waals surface area contributed by atoms with Crippen LogP contribution in [0.2, 0.25) is 0 Å². The minimum atomic E-state index is -4.45. The van der Waals surface area contributed by atoms with Crippen LogP contribution < -0.4 is 0 Å². The number of rotatable bonds is 3. The Morgan fingerprint density at radius 3 is 2.09 bits per heavy atom. The smallest absolute Gasteiger partial charge is 0.265 e. The first-order chi connectivity index (χ1) is 21.5. The molecule has 47 heavy (non-hydrogen) atoms. The molecule has 4 heterocycles. The number of pyridine rings is 2. The SMILES string of the molecule is Cc1cc2cc(-c3[c-]cc(C(F)(F)F)c(-c4ccccc4)c3)nn2cc1C.Cc1ccn2nc(-c3[c-]cc(F)cc3F)cc2c1.[Ir].[Ir]. The number of benzene rings is 3. The summed E-state index contributed by atoms with van der Waals surface area (Å²) in [6.45, 7) is 5.98. The maximum Gasteiger partial charge on any atom is 0.382 e. The molecule has 0 atom stereocenters. The summed E-state index contributed by atoms with van der Waals surface area (Å²) in [6, 6.07) is 27.8. The maximum absolute atomic E-state index is 13.6. The van der Waals surface area contributed by atoms with Crippen LogP contribution in [0.4, 0.5) is 22.0 Å². The zero-order valence-corrected chi connectivity index (χ0v) is 29.9. The van der Waals surface area contributed by atoms with E-state index in [-0.39, 0.29) is 51.3 Å². The van der Waals surface area contributed by atoms with Gasteiger partial charge < -0.3 is 0 Å². The number of hydrogen-bond acceptors (Lipinski definition) is 2. The quantitative estimate of drug-likeness (QED) is 0.131. The van der Waals surface area contributed by atoms with Gasteiger partial charge >= 0.3 is 6.18 Å². The standard InChI is InChI=1S/C22H16F3N2.C14H9F2N2.2Ir/c1-14-10-18-12-21(26-27(18)13-15(14)2)17-8-9-20(22(23,24)25)19(11-17)16-6-4-3-5-7-16;1-9-4-5-18-11(6-9)8-14(17-18)12-3-2-10(15)7-13(12)16;;/h3-7,9-13H,1-2H3;2,4-8H,1H3;;/q2*-1;;. The molecule has 0 aliphatic rings. The van der Waals surface area contributed by atoms with E-state index in [4.69, 9.17) is 0 Å². The molecule has 0 unspecified atom stereocenters. The second-order valence-electron chi connectivity index (χ2n) is 10.7. The molecule has 11 heteroatoms. The van der Waals surface area contributed by atoms with Gasteiger partial charge in [0.25, 0.3) is 0 Å². The number of aromatic nitrogens is 4. The third kappa shape index (κ3) is 7.77. The van der Waals surface area contributed by atoms with E-state index in [0.717, 1.165) is 45.9 Å². The molecule has 0 fully saturated rings. The second-order valence-corrected chi connectivity index (χ2v) is 10.7. The largest absolute Gasteiger partial charge is 0.382 e. The molecule has 2 radical (unpaired) electrons. The van der Waals surface area contributed by atoms with E-state index in [2.05, 4.69) is 22.3 Å². The Bertz CT molecular complexity index is 2130. The zero-order chi connectivity index (χ0) is 31.9. The van der Waals surface area contributed by atoms with Crippen LogP contribution in [0.5, 0.6) is 0 Å². The molecule has 4 aromatic heterocycles. The van der Waals surface area contributed by atoms with Crippen molar-refractivity contribution in [2.75, 3.05) is 0 Å². The summed E-state index contributed by atoms with van der Waals surface area (Å²) in [5.74, 6) is -1.30. The molecule has 7 rings (SSSR count). The third-order valence-corrected chi connectivity index (χ3v) is 7.42. The Morgan fingerprint density at radius 2 is 1.38 bits per heavy atom. The average Bonchev–Trinajstić information content (AvgIpc) is 3.61. The number of aryl methyl sites for hydroxylation is 3. The van der Waals surface area contributed by atoms with Crippen molar-refractivity contribution in [3.63, 3.8) is 0 Å². The van der Waals surface area contributed by atoms with Crippen LogP contribution in [0.15, 0.2) is 97.3 Å². The van der Waals surface area contributed by atoms with Crippen LogP contribution in [0.1, 0.15) is 22.3 Å². The molecule has 3 aromatic carbocycles. The first-order valence-corrected chi connectivity index (χ1v) is 13.9. The number of nitrogens with zero attached hydrogens (tertiary/aromatic N) is 4. The molecule has 0 N–H and O–H groups in total. The van der Waals surface area contributed by atoms with Gasteiger partial charge in [0.15, 0.2) is 0 Å². The van der Waals surface area contributed by atoms with Crippen molar-refractivity contribution in [3.8, 4) is 33.6 Å². The molecule has 4 nitrogen and oxygen atoms in total. The van der Waals surface area contributed by atoms with Gasteiger partial charge in [-0.05, 0) is 66.8 Å². The maximum atomic E-state index is 13.6. The molecule has 0 saturated carbocycles. The van der Waals surface area contributed by atoms with Crippen molar-refractivity contribution in [1.29, 1.82) is 0 Å². The number of fused-ring (bicyclic) bond motifs is 2. The van der Waals surface area contributed by atoms with E-state index >= 15 is 0 Å². The summed E-state index contributed by atoms with van der Waals surface area (Å²) < 4.78 is 70.3. The normalized spacial score (nSPS) is 11.1. The Hall–Kier alpha value is -4.01. The minimum absolute atomic E-state index is 0. The first kappa shape index (κ1) is 35.8. The Morgan fingerprint density at radius 1 is 0.702 bits per heavy atom. The van der Waals surface area contributed by atoms with Crippen LogP contribution in [0.3, 0.4) is 0 Å². The fraction of sp³-hybridized carbons (Fsp3) is 0.111. The Balaban J connectivity index is 0.000000219. The van der Waals surface area contributed by atoms with Crippen molar-refractivity contribution in [1.82, 2.24) is 19.2 Å². The van der Waals surface area contributed by atoms with Gasteiger partial charge in [0.1, 0.15) is 0 Å². The predicted octanol–water partition coefficient (Wildman–Crippen LogP) is 9.49. The van der Waals surface area contributed by atoms with Crippen LogP contribution in [-0.2, 0) is 46.4 Å². The number of alkyl halides is 3.